The maximum absolute atomic E-state index is 13.9. The van der Waals surface area contributed by atoms with Crippen molar-refractivity contribution in [3.63, 3.8) is 0 Å². The van der Waals surface area contributed by atoms with E-state index in [4.69, 9.17) is 9.47 Å². The van der Waals surface area contributed by atoms with Gasteiger partial charge in [0.05, 0.1) is 42.6 Å². The van der Waals surface area contributed by atoms with E-state index in [-0.39, 0.29) is 36.4 Å². The molecule has 9 heteroatoms. The summed E-state index contributed by atoms with van der Waals surface area (Å²) in [6.07, 6.45) is -0.874. The van der Waals surface area contributed by atoms with Gasteiger partial charge in [-0.3, -0.25) is 24.1 Å². The molecule has 0 bridgehead atoms. The fourth-order valence-electron chi connectivity index (χ4n) is 4.57. The van der Waals surface area contributed by atoms with Gasteiger partial charge in [0.2, 0.25) is 0 Å². The summed E-state index contributed by atoms with van der Waals surface area (Å²) in [6.45, 7) is 0.0106. The molecule has 2 aliphatic rings. The number of hydrogen-bond donors (Lipinski definition) is 0. The van der Waals surface area contributed by atoms with E-state index in [9.17, 15) is 19.2 Å². The zero-order chi connectivity index (χ0) is 26.3. The summed E-state index contributed by atoms with van der Waals surface area (Å²) in [4.78, 5) is 56.4. The van der Waals surface area contributed by atoms with E-state index in [2.05, 4.69) is 0 Å². The molecule has 0 unspecified atom stereocenters. The van der Waals surface area contributed by atoms with Gasteiger partial charge in [-0.2, -0.15) is 0 Å². The molecule has 0 radical (unpaired) electrons. The van der Waals surface area contributed by atoms with Crippen LogP contribution in [0.25, 0.3) is 0 Å². The number of rotatable bonds is 5. The molecule has 3 aromatic rings. The van der Waals surface area contributed by atoms with Crippen LogP contribution in [0.4, 0.5) is 5.69 Å². The number of fused-ring (bicyclic) bond motifs is 2. The Hall–Kier alpha value is -4.66. The van der Waals surface area contributed by atoms with Crippen molar-refractivity contribution in [2.75, 3.05) is 32.6 Å². The molecule has 0 aromatic heterocycles. The van der Waals surface area contributed by atoms with E-state index in [0.717, 1.165) is 4.90 Å². The third kappa shape index (κ3) is 4.18. The Morgan fingerprint density at radius 3 is 2.27 bits per heavy atom. The van der Waals surface area contributed by atoms with Gasteiger partial charge in [-0.05, 0) is 42.0 Å². The number of likely N-dealkylation sites (N-methyl/N-ethyl adjacent to an activating group) is 1. The van der Waals surface area contributed by atoms with Crippen molar-refractivity contribution in [2.24, 2.45) is 0 Å². The summed E-state index contributed by atoms with van der Waals surface area (Å²) in [5.74, 6) is -0.668. The first kappa shape index (κ1) is 24.1. The molecule has 0 saturated heterocycles. The summed E-state index contributed by atoms with van der Waals surface area (Å²) >= 11 is 0. The maximum Gasteiger partial charge on any atom is 0.265 e. The number of methoxy groups -OCH3 is 1. The quantitative estimate of drug-likeness (QED) is 0.501. The molecule has 3 aromatic carbocycles. The maximum atomic E-state index is 13.9. The number of hydrogen-bond acceptors (Lipinski definition) is 6. The number of benzene rings is 3. The fourth-order valence-corrected chi connectivity index (χ4v) is 4.57. The van der Waals surface area contributed by atoms with Gasteiger partial charge >= 0.3 is 0 Å². The number of carbonyl (C=O) groups is 4. The Bertz CT molecular complexity index is 1400. The highest BCUT2D eigenvalue weighted by Gasteiger charge is 2.37. The van der Waals surface area contributed by atoms with Crippen LogP contribution in [-0.2, 0) is 11.3 Å². The first-order chi connectivity index (χ1) is 17.8. The van der Waals surface area contributed by atoms with Gasteiger partial charge in [-0.15, -0.1) is 0 Å². The highest BCUT2D eigenvalue weighted by Crippen LogP contribution is 2.36. The predicted molar refractivity (Wildman–Crippen MR) is 135 cm³/mol. The summed E-state index contributed by atoms with van der Waals surface area (Å²) in [6, 6.07) is 18.7. The molecule has 0 spiro atoms. The summed E-state index contributed by atoms with van der Waals surface area (Å²) < 4.78 is 11.4. The van der Waals surface area contributed by atoms with Gasteiger partial charge in [0, 0.05) is 14.1 Å². The monoisotopic (exact) mass is 499 g/mol. The molecule has 0 saturated carbocycles. The van der Waals surface area contributed by atoms with E-state index in [0.29, 0.717) is 33.9 Å². The second-order valence-corrected chi connectivity index (χ2v) is 9.00. The van der Waals surface area contributed by atoms with Crippen molar-refractivity contribution in [1.29, 1.82) is 0 Å². The van der Waals surface area contributed by atoms with Crippen LogP contribution < -0.4 is 14.4 Å². The molecule has 5 rings (SSSR count). The van der Waals surface area contributed by atoms with Crippen molar-refractivity contribution >= 4 is 29.3 Å². The van der Waals surface area contributed by atoms with Crippen molar-refractivity contribution in [1.82, 2.24) is 9.80 Å². The van der Waals surface area contributed by atoms with Gasteiger partial charge in [-0.25, -0.2) is 0 Å². The summed E-state index contributed by atoms with van der Waals surface area (Å²) in [7, 11) is 4.72. The van der Waals surface area contributed by atoms with Crippen LogP contribution in [0.5, 0.6) is 11.5 Å². The number of ether oxygens (including phenoxy) is 2. The third-order valence-corrected chi connectivity index (χ3v) is 6.45. The highest BCUT2D eigenvalue weighted by molar-refractivity contribution is 6.21. The lowest BCUT2D eigenvalue weighted by molar-refractivity contribution is -0.135. The number of nitrogens with zero attached hydrogens (tertiary/aromatic N) is 3. The van der Waals surface area contributed by atoms with E-state index in [1.165, 1.54) is 16.9 Å². The average Bonchev–Trinajstić information content (AvgIpc) is 3.16. The lowest BCUT2D eigenvalue weighted by Crippen LogP contribution is -2.50. The Morgan fingerprint density at radius 1 is 0.973 bits per heavy atom. The molecule has 0 N–H and O–H groups in total. The average molecular weight is 500 g/mol. The molecule has 9 nitrogen and oxygen atoms in total. The van der Waals surface area contributed by atoms with Crippen molar-refractivity contribution < 1.29 is 28.7 Å². The number of carbonyl (C=O) groups excluding carboxylic acids is 4. The Kier molecular flexibility index (Phi) is 6.12. The zero-order valence-corrected chi connectivity index (χ0v) is 20.6. The van der Waals surface area contributed by atoms with Crippen molar-refractivity contribution in [3.05, 3.63) is 89.0 Å². The lowest BCUT2D eigenvalue weighted by atomic mass is 10.1. The molecule has 0 fully saturated rings. The van der Waals surface area contributed by atoms with E-state index in [1.807, 2.05) is 0 Å². The predicted octanol–water partition coefficient (Wildman–Crippen LogP) is 2.99. The van der Waals surface area contributed by atoms with Crippen molar-refractivity contribution in [2.45, 2.75) is 12.6 Å². The van der Waals surface area contributed by atoms with Crippen LogP contribution in [0.3, 0.4) is 0 Å². The molecule has 2 heterocycles. The summed E-state index contributed by atoms with van der Waals surface area (Å²) in [5, 5.41) is 0. The van der Waals surface area contributed by atoms with Gasteiger partial charge < -0.3 is 19.3 Å². The lowest BCUT2D eigenvalue weighted by Gasteiger charge is -2.35. The van der Waals surface area contributed by atoms with Crippen molar-refractivity contribution in [3.8, 4) is 11.5 Å². The second kappa shape index (κ2) is 9.42. The summed E-state index contributed by atoms with van der Waals surface area (Å²) in [5.41, 5.74) is 2.08. The van der Waals surface area contributed by atoms with Crippen LogP contribution >= 0.6 is 0 Å². The number of imide groups is 1. The molecule has 37 heavy (non-hydrogen) atoms. The van der Waals surface area contributed by atoms with Crippen LogP contribution in [-0.4, -0.2) is 67.3 Å². The molecule has 4 amide bonds. The third-order valence-electron chi connectivity index (χ3n) is 6.45. The Morgan fingerprint density at radius 2 is 1.62 bits per heavy atom. The molecule has 0 aliphatic carbocycles. The standard InChI is InChI=1S/C28H25N3O6/c1-29(2)28(35)24-16-30(21-10-6-7-11-23(21)37-24)27(34)20-14-17(12-13-22(20)36-3)15-31-25(32)18-8-4-5-9-19(18)26(31)33/h4-14,24H,15-16H2,1-3H3/t24-/m0/s1. The normalized spacial score (nSPS) is 16.1. The molecule has 1 atom stereocenters. The minimum atomic E-state index is -0.874. The van der Waals surface area contributed by atoms with E-state index < -0.39 is 12.0 Å². The highest BCUT2D eigenvalue weighted by atomic mass is 16.5. The molecule has 2 aliphatic heterocycles. The van der Waals surface area contributed by atoms with Gasteiger partial charge in [0.25, 0.3) is 23.6 Å². The minimum Gasteiger partial charge on any atom is -0.496 e. The minimum absolute atomic E-state index is 0.00193. The smallest absolute Gasteiger partial charge is 0.265 e. The number of anilines is 1. The fraction of sp³-hybridized carbons (Fsp3) is 0.214. The Labute approximate surface area is 213 Å². The Balaban J connectivity index is 1.48. The molecular formula is C28H25N3O6. The van der Waals surface area contributed by atoms with Gasteiger partial charge in [0.1, 0.15) is 11.5 Å². The number of para-hydroxylation sites is 2. The van der Waals surface area contributed by atoms with Crippen LogP contribution in [0.15, 0.2) is 66.7 Å². The second-order valence-electron chi connectivity index (χ2n) is 9.00. The van der Waals surface area contributed by atoms with E-state index in [1.54, 1.807) is 80.8 Å². The molecular weight excluding hydrogens is 474 g/mol. The SMILES string of the molecule is COc1ccc(CN2C(=O)c3ccccc3C2=O)cc1C(=O)N1C[C@@H](C(=O)N(C)C)Oc2ccccc21. The van der Waals surface area contributed by atoms with Crippen LogP contribution in [0, 0.1) is 0 Å². The molecule has 188 valence electrons. The topological polar surface area (TPSA) is 96.5 Å². The first-order valence-corrected chi connectivity index (χ1v) is 11.7. The number of amides is 4. The van der Waals surface area contributed by atoms with E-state index >= 15 is 0 Å². The van der Waals surface area contributed by atoms with Gasteiger partial charge in [0.15, 0.2) is 6.10 Å². The first-order valence-electron chi connectivity index (χ1n) is 11.7. The van der Waals surface area contributed by atoms with Crippen LogP contribution in [0.1, 0.15) is 36.6 Å². The zero-order valence-electron chi connectivity index (χ0n) is 20.6. The van der Waals surface area contributed by atoms with Crippen LogP contribution in [0.2, 0.25) is 0 Å². The largest absolute Gasteiger partial charge is 0.496 e. The van der Waals surface area contributed by atoms with Gasteiger partial charge in [-0.1, -0.05) is 30.3 Å².